The number of halogens is 2. The van der Waals surface area contributed by atoms with Crippen molar-refractivity contribution in [2.75, 3.05) is 0 Å². The highest BCUT2D eigenvalue weighted by Gasteiger charge is 2.40. The van der Waals surface area contributed by atoms with Gasteiger partial charge in [-0.05, 0) is 58.3 Å². The summed E-state index contributed by atoms with van der Waals surface area (Å²) in [7, 11) is 0. The Kier molecular flexibility index (Phi) is 4.67. The summed E-state index contributed by atoms with van der Waals surface area (Å²) in [4.78, 5) is 0. The van der Waals surface area contributed by atoms with E-state index in [1.54, 1.807) is 12.1 Å². The number of rotatable bonds is 3. The first-order valence-electron chi connectivity index (χ1n) is 7.09. The molecule has 1 aliphatic carbocycles. The molecule has 0 aliphatic heterocycles. The molecule has 1 saturated carbocycles. The first-order valence-corrected chi connectivity index (χ1v) is 7.88. The first-order chi connectivity index (χ1) is 8.92. The minimum Gasteiger partial charge on any atom is -0.389 e. The van der Waals surface area contributed by atoms with E-state index in [0.29, 0.717) is 22.7 Å². The number of benzene rings is 1. The predicted molar refractivity (Wildman–Crippen MR) is 79.5 cm³/mol. The number of aliphatic hydroxyl groups is 1. The summed E-state index contributed by atoms with van der Waals surface area (Å²) >= 11 is 3.22. The first kappa shape index (κ1) is 15.0. The monoisotopic (exact) mass is 328 g/mol. The molecule has 0 amide bonds. The van der Waals surface area contributed by atoms with Crippen molar-refractivity contribution in [1.82, 2.24) is 0 Å². The molecule has 2 rings (SSSR count). The van der Waals surface area contributed by atoms with Crippen LogP contribution in [0.1, 0.15) is 45.1 Å². The molecule has 3 heteroatoms. The lowest BCUT2D eigenvalue weighted by Crippen LogP contribution is -2.45. The van der Waals surface area contributed by atoms with E-state index in [1.807, 2.05) is 0 Å². The molecule has 1 N–H and O–H groups in total. The molecule has 1 nitrogen and oxygen atoms in total. The molecular weight excluding hydrogens is 307 g/mol. The quantitative estimate of drug-likeness (QED) is 0.852. The molecule has 2 unspecified atom stereocenters. The fourth-order valence-corrected chi connectivity index (χ4v) is 3.85. The van der Waals surface area contributed by atoms with E-state index in [1.165, 1.54) is 12.5 Å². The smallest absolute Gasteiger partial charge is 0.137 e. The van der Waals surface area contributed by atoms with Gasteiger partial charge in [-0.3, -0.25) is 0 Å². The lowest BCUT2D eigenvalue weighted by molar-refractivity contribution is -0.0652. The molecule has 0 heterocycles. The zero-order valence-corrected chi connectivity index (χ0v) is 13.2. The maximum Gasteiger partial charge on any atom is 0.137 e. The zero-order chi connectivity index (χ0) is 14.0. The van der Waals surface area contributed by atoms with Gasteiger partial charge in [-0.25, -0.2) is 4.39 Å². The third-order valence-electron chi connectivity index (χ3n) is 4.36. The van der Waals surface area contributed by atoms with Crippen molar-refractivity contribution in [2.45, 2.75) is 51.6 Å². The van der Waals surface area contributed by atoms with Crippen molar-refractivity contribution in [3.05, 3.63) is 34.1 Å². The third-order valence-corrected chi connectivity index (χ3v) is 4.97. The van der Waals surface area contributed by atoms with Crippen LogP contribution < -0.4 is 0 Å². The van der Waals surface area contributed by atoms with E-state index in [0.717, 1.165) is 24.8 Å². The van der Waals surface area contributed by atoms with Gasteiger partial charge < -0.3 is 5.11 Å². The Morgan fingerprint density at radius 1 is 1.42 bits per heavy atom. The summed E-state index contributed by atoms with van der Waals surface area (Å²) < 4.78 is 13.7. The largest absolute Gasteiger partial charge is 0.389 e. The van der Waals surface area contributed by atoms with Crippen molar-refractivity contribution >= 4 is 15.9 Å². The molecule has 1 fully saturated rings. The van der Waals surface area contributed by atoms with Gasteiger partial charge in [0.05, 0.1) is 10.1 Å². The maximum atomic E-state index is 13.3. The Morgan fingerprint density at radius 2 is 2.16 bits per heavy atom. The van der Waals surface area contributed by atoms with Crippen LogP contribution in [-0.4, -0.2) is 10.7 Å². The predicted octanol–water partition coefficient (Wildman–Crippen LogP) is 4.71. The second-order valence-electron chi connectivity index (χ2n) is 6.13. The summed E-state index contributed by atoms with van der Waals surface area (Å²) in [5.74, 6) is 0.569. The summed E-state index contributed by atoms with van der Waals surface area (Å²) in [6.07, 6.45) is 4.86. The Bertz CT molecular complexity index is 446. The van der Waals surface area contributed by atoms with Crippen LogP contribution in [0.25, 0.3) is 0 Å². The number of hydrogen-bond donors (Lipinski definition) is 1. The van der Waals surface area contributed by atoms with Crippen LogP contribution in [-0.2, 0) is 6.42 Å². The van der Waals surface area contributed by atoms with Crippen LogP contribution in [0.3, 0.4) is 0 Å². The number of hydrogen-bond acceptors (Lipinski definition) is 1. The van der Waals surface area contributed by atoms with Crippen molar-refractivity contribution in [1.29, 1.82) is 0 Å². The third kappa shape index (κ3) is 3.38. The minimum atomic E-state index is -0.635. The molecule has 0 saturated heterocycles. The summed E-state index contributed by atoms with van der Waals surface area (Å²) in [6.45, 7) is 4.36. The van der Waals surface area contributed by atoms with E-state index in [4.69, 9.17) is 0 Å². The fourth-order valence-electron chi connectivity index (χ4n) is 3.43. The highest BCUT2D eigenvalue weighted by atomic mass is 79.9. The standard InChI is InChI=1S/C16H22BrFO/c1-11(2)13-5-3-4-8-16(13,19)10-12-6-7-15(18)14(17)9-12/h6-7,9,11,13,19H,3-5,8,10H2,1-2H3. The van der Waals surface area contributed by atoms with Crippen LogP contribution in [0.15, 0.2) is 22.7 Å². The second kappa shape index (κ2) is 5.92. The molecule has 0 spiro atoms. The van der Waals surface area contributed by atoms with Crippen molar-refractivity contribution in [3.8, 4) is 0 Å². The second-order valence-corrected chi connectivity index (χ2v) is 6.98. The average molecular weight is 329 g/mol. The van der Waals surface area contributed by atoms with Gasteiger partial charge in [0, 0.05) is 6.42 Å². The summed E-state index contributed by atoms with van der Waals surface area (Å²) in [5.41, 5.74) is 0.368. The van der Waals surface area contributed by atoms with Gasteiger partial charge in [-0.1, -0.05) is 32.8 Å². The van der Waals surface area contributed by atoms with E-state index in [-0.39, 0.29) is 5.82 Å². The van der Waals surface area contributed by atoms with Crippen LogP contribution in [0.4, 0.5) is 4.39 Å². The Labute approximate surface area is 123 Å². The van der Waals surface area contributed by atoms with E-state index >= 15 is 0 Å². The molecule has 19 heavy (non-hydrogen) atoms. The molecule has 106 valence electrons. The SMILES string of the molecule is CC(C)C1CCCCC1(O)Cc1ccc(F)c(Br)c1. The van der Waals surface area contributed by atoms with Crippen LogP contribution in [0, 0.1) is 17.7 Å². The van der Waals surface area contributed by atoms with Gasteiger partial charge in [0.15, 0.2) is 0 Å². The van der Waals surface area contributed by atoms with Gasteiger partial charge in [-0.2, -0.15) is 0 Å². The molecule has 0 radical (unpaired) electrons. The molecule has 0 bridgehead atoms. The molecule has 2 atom stereocenters. The lowest BCUT2D eigenvalue weighted by atomic mass is 9.68. The van der Waals surface area contributed by atoms with Gasteiger partial charge >= 0.3 is 0 Å². The highest BCUT2D eigenvalue weighted by molar-refractivity contribution is 9.10. The highest BCUT2D eigenvalue weighted by Crippen LogP contribution is 2.40. The lowest BCUT2D eigenvalue weighted by Gasteiger charge is -2.42. The van der Waals surface area contributed by atoms with E-state index < -0.39 is 5.60 Å². The minimum absolute atomic E-state index is 0.250. The molecular formula is C16H22BrFO. The van der Waals surface area contributed by atoms with Gasteiger partial charge in [-0.15, -0.1) is 0 Å². The molecule has 1 aliphatic rings. The van der Waals surface area contributed by atoms with Crippen molar-refractivity contribution in [2.24, 2.45) is 11.8 Å². The van der Waals surface area contributed by atoms with Gasteiger partial charge in [0.25, 0.3) is 0 Å². The van der Waals surface area contributed by atoms with Crippen molar-refractivity contribution in [3.63, 3.8) is 0 Å². The summed E-state index contributed by atoms with van der Waals surface area (Å²) in [6, 6.07) is 5.04. The summed E-state index contributed by atoms with van der Waals surface area (Å²) in [5, 5.41) is 11.0. The van der Waals surface area contributed by atoms with Crippen LogP contribution in [0.5, 0.6) is 0 Å². The zero-order valence-electron chi connectivity index (χ0n) is 11.6. The average Bonchev–Trinajstić information content (AvgIpc) is 2.33. The fraction of sp³-hybridized carbons (Fsp3) is 0.625. The van der Waals surface area contributed by atoms with Crippen LogP contribution in [0.2, 0.25) is 0 Å². The van der Waals surface area contributed by atoms with E-state index in [2.05, 4.69) is 29.8 Å². The topological polar surface area (TPSA) is 20.2 Å². The Balaban J connectivity index is 2.20. The van der Waals surface area contributed by atoms with Crippen molar-refractivity contribution < 1.29 is 9.50 Å². The maximum absolute atomic E-state index is 13.3. The molecule has 0 aromatic heterocycles. The Hall–Kier alpha value is -0.410. The molecule has 1 aromatic rings. The van der Waals surface area contributed by atoms with E-state index in [9.17, 15) is 9.50 Å². The normalized spacial score (nSPS) is 27.8. The van der Waals surface area contributed by atoms with Gasteiger partial charge in [0.1, 0.15) is 5.82 Å². The molecule has 1 aromatic carbocycles. The Morgan fingerprint density at radius 3 is 2.79 bits per heavy atom. The van der Waals surface area contributed by atoms with Gasteiger partial charge in [0.2, 0.25) is 0 Å². The van der Waals surface area contributed by atoms with Crippen LogP contribution >= 0.6 is 15.9 Å².